The minimum Gasteiger partial charge on any atom is -0.491 e. The SMILES string of the molecule is Cn1ccn(Cc2cc(Br)c3c(c2)C(=O)CCO3)/c1=N\C(=O)O. The zero-order valence-electron chi connectivity index (χ0n) is 12.3. The molecule has 1 amide bonds. The summed E-state index contributed by atoms with van der Waals surface area (Å²) in [6.45, 7) is 0.783. The largest absolute Gasteiger partial charge is 0.491 e. The molecule has 3 rings (SSSR count). The van der Waals surface area contributed by atoms with Crippen molar-refractivity contribution in [3.05, 3.63) is 45.7 Å². The van der Waals surface area contributed by atoms with E-state index >= 15 is 0 Å². The molecule has 0 radical (unpaired) electrons. The van der Waals surface area contributed by atoms with Gasteiger partial charge in [0.2, 0.25) is 5.62 Å². The number of carbonyl (C=O) groups excluding carboxylic acids is 1. The normalized spacial score (nSPS) is 14.5. The van der Waals surface area contributed by atoms with E-state index in [1.165, 1.54) is 0 Å². The molecule has 0 fully saturated rings. The lowest BCUT2D eigenvalue weighted by molar-refractivity contribution is 0.0932. The lowest BCUT2D eigenvalue weighted by atomic mass is 10.0. The molecule has 23 heavy (non-hydrogen) atoms. The number of Topliss-reactive ketones (excluding diaryl/α,β-unsaturated/α-hetero) is 1. The van der Waals surface area contributed by atoms with Crippen molar-refractivity contribution < 1.29 is 19.4 Å². The Labute approximate surface area is 140 Å². The van der Waals surface area contributed by atoms with Crippen molar-refractivity contribution in [1.29, 1.82) is 0 Å². The van der Waals surface area contributed by atoms with Crippen LogP contribution in [0, 0.1) is 0 Å². The number of fused-ring (bicyclic) bond motifs is 1. The molecule has 1 aromatic heterocycles. The first-order valence-corrected chi connectivity index (χ1v) is 7.73. The van der Waals surface area contributed by atoms with Crippen LogP contribution in [0.15, 0.2) is 34.0 Å². The number of carboxylic acid groups (broad SMARTS) is 1. The minimum absolute atomic E-state index is 0.0438. The van der Waals surface area contributed by atoms with Gasteiger partial charge in [-0.25, -0.2) is 4.79 Å². The number of ether oxygens (including phenoxy) is 1. The third-order valence-corrected chi connectivity index (χ3v) is 4.16. The second-order valence-corrected chi connectivity index (χ2v) is 6.06. The van der Waals surface area contributed by atoms with Gasteiger partial charge < -0.3 is 19.0 Å². The predicted molar refractivity (Wildman–Crippen MR) is 84.7 cm³/mol. The van der Waals surface area contributed by atoms with Gasteiger partial charge in [0.15, 0.2) is 5.78 Å². The highest BCUT2D eigenvalue weighted by molar-refractivity contribution is 9.10. The molecule has 2 heterocycles. The maximum absolute atomic E-state index is 12.1. The van der Waals surface area contributed by atoms with E-state index in [2.05, 4.69) is 20.9 Å². The average Bonchev–Trinajstić information content (AvgIpc) is 2.81. The van der Waals surface area contributed by atoms with Crippen LogP contribution in [0.2, 0.25) is 0 Å². The number of hydrogen-bond donors (Lipinski definition) is 1. The van der Waals surface area contributed by atoms with Gasteiger partial charge in [0.1, 0.15) is 5.75 Å². The third-order valence-electron chi connectivity index (χ3n) is 3.57. The first kappa shape index (κ1) is 15.5. The van der Waals surface area contributed by atoms with Gasteiger partial charge in [-0.15, -0.1) is 4.99 Å². The number of imidazole rings is 1. The number of amides is 1. The Morgan fingerprint density at radius 2 is 2.22 bits per heavy atom. The number of ketones is 1. The fourth-order valence-corrected chi connectivity index (χ4v) is 3.16. The monoisotopic (exact) mass is 379 g/mol. The molecule has 8 heteroatoms. The number of aryl methyl sites for hydroxylation is 1. The molecule has 1 N–H and O–H groups in total. The Bertz CT molecular complexity index is 866. The summed E-state index contributed by atoms with van der Waals surface area (Å²) in [6, 6.07) is 3.65. The van der Waals surface area contributed by atoms with Crippen LogP contribution in [-0.2, 0) is 13.6 Å². The van der Waals surface area contributed by atoms with Crippen molar-refractivity contribution in [3.8, 4) is 5.75 Å². The Hall–Kier alpha value is -2.35. The van der Waals surface area contributed by atoms with Crippen molar-refractivity contribution in [3.63, 3.8) is 0 Å². The first-order valence-electron chi connectivity index (χ1n) is 6.93. The lowest BCUT2D eigenvalue weighted by Gasteiger charge is -2.19. The number of halogens is 1. The van der Waals surface area contributed by atoms with Gasteiger partial charge in [-0.3, -0.25) is 4.79 Å². The zero-order valence-corrected chi connectivity index (χ0v) is 13.9. The number of carbonyl (C=O) groups is 2. The van der Waals surface area contributed by atoms with Crippen LogP contribution >= 0.6 is 15.9 Å². The van der Waals surface area contributed by atoms with E-state index in [4.69, 9.17) is 9.84 Å². The maximum Gasteiger partial charge on any atom is 0.434 e. The van der Waals surface area contributed by atoms with E-state index in [1.807, 2.05) is 6.07 Å². The molecule has 7 nitrogen and oxygen atoms in total. The maximum atomic E-state index is 12.1. The van der Waals surface area contributed by atoms with Crippen molar-refractivity contribution in [1.82, 2.24) is 9.13 Å². The van der Waals surface area contributed by atoms with E-state index < -0.39 is 6.09 Å². The second kappa shape index (κ2) is 6.04. The molecule has 0 saturated heterocycles. The number of aromatic nitrogens is 2. The highest BCUT2D eigenvalue weighted by atomic mass is 79.9. The van der Waals surface area contributed by atoms with Gasteiger partial charge >= 0.3 is 6.09 Å². The summed E-state index contributed by atoms with van der Waals surface area (Å²) in [4.78, 5) is 26.5. The van der Waals surface area contributed by atoms with Gasteiger partial charge in [-0.2, -0.15) is 0 Å². The van der Waals surface area contributed by atoms with Gasteiger partial charge in [-0.1, -0.05) is 0 Å². The van der Waals surface area contributed by atoms with Crippen molar-refractivity contribution in [2.75, 3.05) is 6.61 Å². The van der Waals surface area contributed by atoms with Crippen LogP contribution in [0.4, 0.5) is 4.79 Å². The summed E-state index contributed by atoms with van der Waals surface area (Å²) >= 11 is 3.43. The fourth-order valence-electron chi connectivity index (χ4n) is 2.54. The standard InChI is InChI=1S/C15H14BrN3O4/c1-18-3-4-19(14(18)17-15(21)22)8-9-6-10-12(20)2-5-23-13(10)11(16)7-9/h3-4,6-7H,2,5,8H2,1H3,(H,21,22)/b17-14-. The third kappa shape index (κ3) is 3.07. The summed E-state index contributed by atoms with van der Waals surface area (Å²) in [7, 11) is 1.72. The van der Waals surface area contributed by atoms with Crippen molar-refractivity contribution in [2.45, 2.75) is 13.0 Å². The van der Waals surface area contributed by atoms with Gasteiger partial charge in [0, 0.05) is 25.9 Å². The summed E-state index contributed by atoms with van der Waals surface area (Å²) in [5, 5.41) is 8.88. The Balaban J connectivity index is 2.02. The molecule has 0 atom stereocenters. The van der Waals surface area contributed by atoms with Crippen molar-refractivity contribution in [2.24, 2.45) is 12.0 Å². The van der Waals surface area contributed by atoms with E-state index in [-0.39, 0.29) is 5.78 Å². The highest BCUT2D eigenvalue weighted by Crippen LogP contribution is 2.34. The molecule has 1 aromatic carbocycles. The molecular formula is C15H14BrN3O4. The molecule has 0 unspecified atom stereocenters. The number of nitrogens with zero attached hydrogens (tertiary/aromatic N) is 3. The molecule has 120 valence electrons. The van der Waals surface area contributed by atoms with Gasteiger partial charge in [0.25, 0.3) is 0 Å². The zero-order chi connectivity index (χ0) is 16.6. The summed E-state index contributed by atoms with van der Waals surface area (Å²) in [6.07, 6.45) is 2.58. The summed E-state index contributed by atoms with van der Waals surface area (Å²) in [5.74, 6) is 0.612. The van der Waals surface area contributed by atoms with Crippen LogP contribution in [0.1, 0.15) is 22.3 Å². The fraction of sp³-hybridized carbons (Fsp3) is 0.267. The molecular weight excluding hydrogens is 366 g/mol. The number of hydrogen-bond acceptors (Lipinski definition) is 3. The lowest BCUT2D eigenvalue weighted by Crippen LogP contribution is -2.26. The van der Waals surface area contributed by atoms with E-state index in [0.717, 1.165) is 5.56 Å². The Morgan fingerprint density at radius 1 is 1.43 bits per heavy atom. The van der Waals surface area contributed by atoms with E-state index in [0.29, 0.717) is 41.0 Å². The first-order chi connectivity index (χ1) is 11.0. The highest BCUT2D eigenvalue weighted by Gasteiger charge is 2.21. The van der Waals surface area contributed by atoms with E-state index in [9.17, 15) is 9.59 Å². The molecule has 1 aliphatic rings. The second-order valence-electron chi connectivity index (χ2n) is 5.21. The molecule has 0 aliphatic carbocycles. The Kier molecular flexibility index (Phi) is 4.08. The molecule has 2 aromatic rings. The van der Waals surface area contributed by atoms with Crippen LogP contribution in [0.5, 0.6) is 5.75 Å². The van der Waals surface area contributed by atoms with Gasteiger partial charge in [0.05, 0.1) is 23.2 Å². The van der Waals surface area contributed by atoms with Crippen LogP contribution in [0.25, 0.3) is 0 Å². The Morgan fingerprint density at radius 3 is 2.96 bits per heavy atom. The van der Waals surface area contributed by atoms with E-state index in [1.54, 1.807) is 34.6 Å². The average molecular weight is 380 g/mol. The molecule has 0 spiro atoms. The van der Waals surface area contributed by atoms with Crippen LogP contribution < -0.4 is 10.4 Å². The smallest absolute Gasteiger partial charge is 0.434 e. The number of benzene rings is 1. The molecule has 1 aliphatic heterocycles. The summed E-state index contributed by atoms with van der Waals surface area (Å²) < 4.78 is 9.58. The van der Waals surface area contributed by atoms with Crippen LogP contribution in [0.3, 0.4) is 0 Å². The van der Waals surface area contributed by atoms with Crippen LogP contribution in [-0.4, -0.2) is 32.7 Å². The van der Waals surface area contributed by atoms with Gasteiger partial charge in [-0.05, 0) is 33.6 Å². The molecule has 0 bridgehead atoms. The topological polar surface area (TPSA) is 85.8 Å². The summed E-state index contributed by atoms with van der Waals surface area (Å²) in [5.41, 5.74) is 1.72. The molecule has 0 saturated carbocycles. The predicted octanol–water partition coefficient (Wildman–Crippen LogP) is 2.18. The number of rotatable bonds is 2. The van der Waals surface area contributed by atoms with Crippen molar-refractivity contribution >= 4 is 27.8 Å². The minimum atomic E-state index is -1.25. The quantitative estimate of drug-likeness (QED) is 0.866.